The smallest absolute Gasteiger partial charge is 0.410 e. The Labute approximate surface area is 148 Å². The largest absolute Gasteiger partial charge is 0.490 e. The summed E-state index contributed by atoms with van der Waals surface area (Å²) in [5, 5.41) is 3.56. The third-order valence-corrected chi connectivity index (χ3v) is 3.79. The van der Waals surface area contributed by atoms with Gasteiger partial charge < -0.3 is 25.6 Å². The minimum atomic E-state index is -0.476. The maximum absolute atomic E-state index is 12.1. The average Bonchev–Trinajstić information content (AvgIpc) is 2.56. The molecule has 25 heavy (non-hydrogen) atoms. The number of hydrogen-bond donors (Lipinski definition) is 3. The molecule has 0 aliphatic carbocycles. The molecule has 0 atom stereocenters. The van der Waals surface area contributed by atoms with Gasteiger partial charge in [0.25, 0.3) is 0 Å². The third kappa shape index (κ3) is 5.53. The minimum absolute atomic E-state index is 0.0693. The van der Waals surface area contributed by atoms with Crippen LogP contribution in [0.3, 0.4) is 0 Å². The molecular weight excluding hydrogens is 322 g/mol. The van der Waals surface area contributed by atoms with Crippen LogP contribution in [0, 0.1) is 0 Å². The van der Waals surface area contributed by atoms with Crippen molar-refractivity contribution in [2.75, 3.05) is 13.1 Å². The number of carbonyl (C=O) groups is 1. The molecule has 1 aromatic carbocycles. The molecule has 8 nitrogen and oxygen atoms in total. The second-order valence-corrected chi connectivity index (χ2v) is 6.93. The van der Waals surface area contributed by atoms with Gasteiger partial charge in [-0.2, -0.15) is 5.10 Å². The lowest BCUT2D eigenvalue weighted by molar-refractivity contribution is 0.0126. The Kier molecular flexibility index (Phi) is 6.08. The Balaban J connectivity index is 1.85. The first-order chi connectivity index (χ1) is 11.8. The van der Waals surface area contributed by atoms with E-state index in [4.69, 9.17) is 21.2 Å². The molecule has 0 aromatic heterocycles. The van der Waals surface area contributed by atoms with E-state index in [0.29, 0.717) is 18.9 Å². The zero-order chi connectivity index (χ0) is 18.4. The SMILES string of the molecule is CC(C)(C)OC(=O)N1CCC(Oc2ccc(/C(=N/N)NN)cc2)CC1. The van der Waals surface area contributed by atoms with Crippen LogP contribution >= 0.6 is 0 Å². The number of ether oxygens (including phenoxy) is 2. The molecule has 0 radical (unpaired) electrons. The fraction of sp³-hybridized carbons (Fsp3) is 0.529. The molecule has 1 heterocycles. The molecule has 1 aromatic rings. The van der Waals surface area contributed by atoms with Gasteiger partial charge in [0.1, 0.15) is 17.5 Å². The first kappa shape index (κ1) is 18.9. The molecule has 1 fully saturated rings. The van der Waals surface area contributed by atoms with Crippen molar-refractivity contribution in [2.45, 2.75) is 45.3 Å². The summed E-state index contributed by atoms with van der Waals surface area (Å²) in [4.78, 5) is 13.8. The normalized spacial score (nSPS) is 16.5. The highest BCUT2D eigenvalue weighted by Crippen LogP contribution is 2.21. The minimum Gasteiger partial charge on any atom is -0.490 e. The molecule has 138 valence electrons. The molecule has 0 unspecified atom stereocenters. The number of nitrogens with two attached hydrogens (primary N) is 2. The predicted octanol–water partition coefficient (Wildman–Crippen LogP) is 1.55. The predicted molar refractivity (Wildman–Crippen MR) is 95.9 cm³/mol. The van der Waals surface area contributed by atoms with Crippen molar-refractivity contribution >= 4 is 11.9 Å². The standard InChI is InChI=1S/C17H27N5O3/c1-17(2,3)25-16(23)22-10-8-14(9-11-22)24-13-6-4-12(5-7-13)15(20-18)21-19/h4-7,14H,8-11,18-19H2,1-3H3,(H,20,21). The zero-order valence-corrected chi connectivity index (χ0v) is 15.0. The summed E-state index contributed by atoms with van der Waals surface area (Å²) < 4.78 is 11.4. The maximum atomic E-state index is 12.1. The van der Waals surface area contributed by atoms with Crippen LogP contribution in [0.2, 0.25) is 0 Å². The fourth-order valence-electron chi connectivity index (χ4n) is 2.56. The van der Waals surface area contributed by atoms with Gasteiger partial charge >= 0.3 is 6.09 Å². The van der Waals surface area contributed by atoms with Crippen molar-refractivity contribution in [3.8, 4) is 5.75 Å². The molecule has 5 N–H and O–H groups in total. The molecule has 0 saturated carbocycles. The number of hydrazine groups is 1. The van der Waals surface area contributed by atoms with Gasteiger partial charge in [0, 0.05) is 31.5 Å². The Morgan fingerprint density at radius 1 is 1.24 bits per heavy atom. The van der Waals surface area contributed by atoms with Gasteiger partial charge in [-0.3, -0.25) is 0 Å². The molecule has 1 aliphatic rings. The van der Waals surface area contributed by atoms with E-state index in [9.17, 15) is 4.79 Å². The van der Waals surface area contributed by atoms with Crippen LogP contribution < -0.4 is 21.8 Å². The number of amides is 1. The molecule has 0 bridgehead atoms. The van der Waals surface area contributed by atoms with Gasteiger partial charge in [0.15, 0.2) is 5.84 Å². The van der Waals surface area contributed by atoms with E-state index < -0.39 is 5.60 Å². The quantitative estimate of drug-likeness (QED) is 0.330. The summed E-state index contributed by atoms with van der Waals surface area (Å²) >= 11 is 0. The van der Waals surface area contributed by atoms with Crippen molar-refractivity contribution < 1.29 is 14.3 Å². The number of rotatable bonds is 3. The van der Waals surface area contributed by atoms with E-state index >= 15 is 0 Å². The number of nitrogens with zero attached hydrogens (tertiary/aromatic N) is 2. The summed E-state index contributed by atoms with van der Waals surface area (Å²) in [6.07, 6.45) is 1.33. The lowest BCUT2D eigenvalue weighted by atomic mass is 10.1. The van der Waals surface area contributed by atoms with Crippen LogP contribution in [0.4, 0.5) is 4.79 Å². The van der Waals surface area contributed by atoms with Crippen molar-refractivity contribution in [3.05, 3.63) is 29.8 Å². The number of hydrogen-bond acceptors (Lipinski definition) is 6. The average molecular weight is 349 g/mol. The Morgan fingerprint density at radius 3 is 2.32 bits per heavy atom. The van der Waals surface area contributed by atoms with Gasteiger partial charge in [0.05, 0.1) is 0 Å². The summed E-state index contributed by atoms with van der Waals surface area (Å²) in [6, 6.07) is 7.35. The Hall–Kier alpha value is -2.48. The van der Waals surface area contributed by atoms with Crippen molar-refractivity contribution in [2.24, 2.45) is 16.8 Å². The van der Waals surface area contributed by atoms with E-state index in [1.807, 2.05) is 45.0 Å². The summed E-state index contributed by atoms with van der Waals surface area (Å²) in [5.41, 5.74) is 2.73. The van der Waals surface area contributed by atoms with Crippen molar-refractivity contribution in [1.82, 2.24) is 10.3 Å². The summed E-state index contributed by atoms with van der Waals surface area (Å²) in [7, 11) is 0. The lowest BCUT2D eigenvalue weighted by Gasteiger charge is -2.33. The molecule has 1 aliphatic heterocycles. The number of nitrogens with one attached hydrogen (secondary N) is 1. The van der Waals surface area contributed by atoms with Crippen molar-refractivity contribution in [1.29, 1.82) is 0 Å². The van der Waals surface area contributed by atoms with E-state index in [1.165, 1.54) is 0 Å². The Morgan fingerprint density at radius 2 is 1.84 bits per heavy atom. The molecule has 0 spiro atoms. The van der Waals surface area contributed by atoms with Gasteiger partial charge in [-0.15, -0.1) is 0 Å². The van der Waals surface area contributed by atoms with Crippen LogP contribution in [0.25, 0.3) is 0 Å². The van der Waals surface area contributed by atoms with Crippen LogP contribution in [0.15, 0.2) is 29.4 Å². The van der Waals surface area contributed by atoms with Crippen LogP contribution in [0.5, 0.6) is 5.75 Å². The van der Waals surface area contributed by atoms with Crippen LogP contribution in [-0.2, 0) is 4.74 Å². The number of carbonyl (C=O) groups excluding carboxylic acids is 1. The highest BCUT2D eigenvalue weighted by Gasteiger charge is 2.27. The number of benzene rings is 1. The third-order valence-electron chi connectivity index (χ3n) is 3.79. The number of likely N-dealkylation sites (tertiary alicyclic amines) is 1. The lowest BCUT2D eigenvalue weighted by Crippen LogP contribution is -2.44. The molecule has 1 saturated heterocycles. The zero-order valence-electron chi connectivity index (χ0n) is 15.0. The highest BCUT2D eigenvalue weighted by molar-refractivity contribution is 5.98. The fourth-order valence-corrected chi connectivity index (χ4v) is 2.56. The summed E-state index contributed by atoms with van der Waals surface area (Å²) in [5.74, 6) is 11.8. The highest BCUT2D eigenvalue weighted by atomic mass is 16.6. The Bertz CT molecular complexity index is 602. The summed E-state index contributed by atoms with van der Waals surface area (Å²) in [6.45, 7) is 6.85. The first-order valence-corrected chi connectivity index (χ1v) is 8.32. The van der Waals surface area contributed by atoms with Crippen LogP contribution in [0.1, 0.15) is 39.2 Å². The van der Waals surface area contributed by atoms with E-state index in [1.54, 1.807) is 4.90 Å². The van der Waals surface area contributed by atoms with Gasteiger partial charge in [0.2, 0.25) is 0 Å². The number of hydrazone groups is 1. The van der Waals surface area contributed by atoms with E-state index in [0.717, 1.165) is 24.2 Å². The number of piperidine rings is 1. The van der Waals surface area contributed by atoms with Crippen molar-refractivity contribution in [3.63, 3.8) is 0 Å². The molecule has 2 rings (SSSR count). The van der Waals surface area contributed by atoms with Crippen LogP contribution in [-0.4, -0.2) is 41.6 Å². The van der Waals surface area contributed by atoms with Gasteiger partial charge in [-0.25, -0.2) is 10.6 Å². The molecule has 8 heteroatoms. The second kappa shape index (κ2) is 8.06. The van der Waals surface area contributed by atoms with E-state index in [2.05, 4.69) is 10.5 Å². The van der Waals surface area contributed by atoms with E-state index in [-0.39, 0.29) is 12.2 Å². The van der Waals surface area contributed by atoms with Gasteiger partial charge in [-0.1, -0.05) is 0 Å². The maximum Gasteiger partial charge on any atom is 0.410 e. The second-order valence-electron chi connectivity index (χ2n) is 6.93. The van der Waals surface area contributed by atoms with Gasteiger partial charge in [-0.05, 0) is 45.0 Å². The molecular formula is C17H27N5O3. The topological polar surface area (TPSA) is 115 Å². The monoisotopic (exact) mass is 349 g/mol. The number of amidine groups is 1. The first-order valence-electron chi connectivity index (χ1n) is 8.32. The molecule has 1 amide bonds.